The molecule has 0 bridgehead atoms. The Balaban J connectivity index is 1.23. The number of rotatable bonds is 7. The van der Waals surface area contributed by atoms with E-state index in [1.807, 2.05) is 72.5 Å². The van der Waals surface area contributed by atoms with Crippen LogP contribution in [0.15, 0.2) is 112 Å². The number of benzene rings is 3. The number of hydrogen-bond acceptors (Lipinski definition) is 5. The van der Waals surface area contributed by atoms with Crippen molar-refractivity contribution in [3.05, 3.63) is 143 Å². The molecule has 200 valence electrons. The number of carbonyl (C=O) groups excluding carboxylic acids is 2. The van der Waals surface area contributed by atoms with E-state index >= 15 is 0 Å². The number of aryl methyl sites for hydroxylation is 1. The van der Waals surface area contributed by atoms with Crippen molar-refractivity contribution in [3.63, 3.8) is 0 Å². The molecule has 0 aliphatic carbocycles. The molecular weight excluding hydrogens is 504 g/mol. The lowest BCUT2D eigenvalue weighted by molar-refractivity contribution is 0.0661. The van der Waals surface area contributed by atoms with Crippen molar-refractivity contribution in [1.82, 2.24) is 4.90 Å². The van der Waals surface area contributed by atoms with Crippen molar-refractivity contribution in [2.75, 3.05) is 11.9 Å². The largest absolute Gasteiger partial charge is 0.486 e. The zero-order valence-corrected chi connectivity index (χ0v) is 22.0. The van der Waals surface area contributed by atoms with Crippen molar-refractivity contribution in [2.45, 2.75) is 26.0 Å². The number of fused-ring (bicyclic) bond motifs is 1. The van der Waals surface area contributed by atoms with Gasteiger partial charge in [0.25, 0.3) is 11.8 Å². The molecule has 1 unspecified atom stereocenters. The second-order valence-electron chi connectivity index (χ2n) is 9.78. The first kappa shape index (κ1) is 25.2. The lowest BCUT2D eigenvalue weighted by Gasteiger charge is -2.37. The number of anilines is 1. The summed E-state index contributed by atoms with van der Waals surface area (Å²) >= 11 is 0. The minimum Gasteiger partial charge on any atom is -0.486 e. The van der Waals surface area contributed by atoms with Gasteiger partial charge in [-0.3, -0.25) is 9.59 Å². The van der Waals surface area contributed by atoms with Gasteiger partial charge in [-0.25, -0.2) is 0 Å². The van der Waals surface area contributed by atoms with E-state index in [1.54, 1.807) is 24.3 Å². The van der Waals surface area contributed by atoms with E-state index in [0.29, 0.717) is 29.5 Å². The summed E-state index contributed by atoms with van der Waals surface area (Å²) in [6, 6.07) is 29.9. The van der Waals surface area contributed by atoms with Crippen LogP contribution in [0.5, 0.6) is 5.75 Å². The van der Waals surface area contributed by atoms with Crippen LogP contribution in [0.25, 0.3) is 0 Å². The van der Waals surface area contributed by atoms with Gasteiger partial charge in [0.1, 0.15) is 18.1 Å². The SMILES string of the molecule is Cc1cccc(C2c3cc(OCc4ccc(C(=O)Nc5ccccc5)o4)ccc3CCN2C(=O)c2ccco2)c1. The van der Waals surface area contributed by atoms with Crippen LogP contribution < -0.4 is 10.1 Å². The predicted octanol–water partition coefficient (Wildman–Crippen LogP) is 6.80. The van der Waals surface area contributed by atoms with E-state index in [4.69, 9.17) is 13.6 Å². The first-order valence-corrected chi connectivity index (χ1v) is 13.2. The summed E-state index contributed by atoms with van der Waals surface area (Å²) in [4.78, 5) is 27.9. The Morgan fingerprint density at radius 2 is 1.80 bits per heavy atom. The van der Waals surface area contributed by atoms with Crippen molar-refractivity contribution in [3.8, 4) is 5.75 Å². The van der Waals surface area contributed by atoms with Crippen LogP contribution in [0.4, 0.5) is 5.69 Å². The molecule has 7 nitrogen and oxygen atoms in total. The van der Waals surface area contributed by atoms with E-state index in [2.05, 4.69) is 17.4 Å². The quantitative estimate of drug-likeness (QED) is 0.249. The van der Waals surface area contributed by atoms with Crippen molar-refractivity contribution < 1.29 is 23.2 Å². The number of carbonyl (C=O) groups is 2. The second-order valence-corrected chi connectivity index (χ2v) is 9.78. The number of para-hydroxylation sites is 1. The number of nitrogens with zero attached hydrogens (tertiary/aromatic N) is 1. The van der Waals surface area contributed by atoms with Crippen LogP contribution >= 0.6 is 0 Å². The molecular formula is C33H28N2O5. The monoisotopic (exact) mass is 532 g/mol. The second kappa shape index (κ2) is 11.0. The molecule has 0 saturated heterocycles. The van der Waals surface area contributed by atoms with E-state index < -0.39 is 0 Å². The molecule has 1 aliphatic heterocycles. The highest BCUT2D eigenvalue weighted by Crippen LogP contribution is 2.38. The van der Waals surface area contributed by atoms with Gasteiger partial charge in [0, 0.05) is 12.2 Å². The third-order valence-electron chi connectivity index (χ3n) is 6.99. The van der Waals surface area contributed by atoms with Gasteiger partial charge < -0.3 is 23.8 Å². The summed E-state index contributed by atoms with van der Waals surface area (Å²) in [5.41, 5.74) is 5.01. The van der Waals surface area contributed by atoms with Gasteiger partial charge in [-0.05, 0) is 78.6 Å². The molecule has 0 fully saturated rings. The van der Waals surface area contributed by atoms with Crippen LogP contribution in [-0.2, 0) is 13.0 Å². The molecule has 3 heterocycles. The Morgan fingerprint density at radius 3 is 2.60 bits per heavy atom. The number of amides is 2. The van der Waals surface area contributed by atoms with Gasteiger partial charge in [-0.15, -0.1) is 0 Å². The highest BCUT2D eigenvalue weighted by Gasteiger charge is 2.34. The molecule has 1 aliphatic rings. The maximum absolute atomic E-state index is 13.5. The van der Waals surface area contributed by atoms with Crippen molar-refractivity contribution >= 4 is 17.5 Å². The maximum atomic E-state index is 13.5. The average Bonchev–Trinajstić information content (AvgIpc) is 3.69. The highest BCUT2D eigenvalue weighted by molar-refractivity contribution is 6.02. The number of furan rings is 2. The van der Waals surface area contributed by atoms with E-state index in [-0.39, 0.29) is 30.2 Å². The Labute approximate surface area is 232 Å². The first-order chi connectivity index (χ1) is 19.5. The summed E-state index contributed by atoms with van der Waals surface area (Å²) in [6.45, 7) is 2.77. The Morgan fingerprint density at radius 1 is 0.925 bits per heavy atom. The third-order valence-corrected chi connectivity index (χ3v) is 6.99. The summed E-state index contributed by atoms with van der Waals surface area (Å²) < 4.78 is 17.3. The molecule has 3 aromatic carbocycles. The molecule has 1 atom stereocenters. The molecule has 7 heteroatoms. The molecule has 0 radical (unpaired) electrons. The molecule has 6 rings (SSSR count). The van der Waals surface area contributed by atoms with Crippen LogP contribution in [-0.4, -0.2) is 23.3 Å². The first-order valence-electron chi connectivity index (χ1n) is 13.2. The van der Waals surface area contributed by atoms with Crippen LogP contribution in [0.3, 0.4) is 0 Å². The van der Waals surface area contributed by atoms with Gasteiger partial charge in [0.2, 0.25) is 0 Å². The van der Waals surface area contributed by atoms with Gasteiger partial charge >= 0.3 is 0 Å². The molecule has 5 aromatic rings. The summed E-state index contributed by atoms with van der Waals surface area (Å²) in [5, 5.41) is 2.81. The van der Waals surface area contributed by atoms with Crippen LogP contribution in [0.2, 0.25) is 0 Å². The van der Waals surface area contributed by atoms with Gasteiger partial charge in [0.05, 0.1) is 12.3 Å². The van der Waals surface area contributed by atoms with Crippen LogP contribution in [0, 0.1) is 6.92 Å². The summed E-state index contributed by atoms with van der Waals surface area (Å²) in [7, 11) is 0. The van der Waals surface area contributed by atoms with Gasteiger partial charge in [-0.1, -0.05) is 54.1 Å². The molecule has 2 amide bonds. The average molecular weight is 533 g/mol. The van der Waals surface area contributed by atoms with E-state index in [1.165, 1.54) is 11.8 Å². The van der Waals surface area contributed by atoms with Crippen molar-refractivity contribution in [2.24, 2.45) is 0 Å². The van der Waals surface area contributed by atoms with Crippen molar-refractivity contribution in [1.29, 1.82) is 0 Å². The number of ether oxygens (including phenoxy) is 1. The fraction of sp³-hybridized carbons (Fsp3) is 0.152. The van der Waals surface area contributed by atoms with E-state index in [0.717, 1.165) is 23.1 Å². The third kappa shape index (κ3) is 5.27. The Bertz CT molecular complexity index is 1640. The predicted molar refractivity (Wildman–Crippen MR) is 150 cm³/mol. The van der Waals surface area contributed by atoms with Gasteiger partial charge in [-0.2, -0.15) is 0 Å². The molecule has 1 N–H and O–H groups in total. The summed E-state index contributed by atoms with van der Waals surface area (Å²) in [6.07, 6.45) is 2.24. The molecule has 0 saturated carbocycles. The van der Waals surface area contributed by atoms with Crippen LogP contribution in [0.1, 0.15) is 55.2 Å². The smallest absolute Gasteiger partial charge is 0.291 e. The molecule has 2 aromatic heterocycles. The zero-order valence-electron chi connectivity index (χ0n) is 22.0. The number of nitrogens with one attached hydrogen (secondary N) is 1. The lowest BCUT2D eigenvalue weighted by atomic mass is 9.87. The topological polar surface area (TPSA) is 84.9 Å². The Kier molecular flexibility index (Phi) is 6.93. The van der Waals surface area contributed by atoms with Gasteiger partial charge in [0.15, 0.2) is 11.5 Å². The van der Waals surface area contributed by atoms with E-state index in [9.17, 15) is 9.59 Å². The fourth-order valence-corrected chi connectivity index (χ4v) is 5.09. The summed E-state index contributed by atoms with van der Waals surface area (Å²) in [5.74, 6) is 1.23. The molecule has 0 spiro atoms. The number of hydrogen-bond donors (Lipinski definition) is 1. The fourth-order valence-electron chi connectivity index (χ4n) is 5.09. The standard InChI is InChI=1S/C33H28N2O5/c1-22-7-5-8-24(19-22)31-28-20-26(13-12-23(28)16-17-35(31)33(37)30-11-6-18-38-30)39-21-27-14-15-29(40-27)32(36)34-25-9-3-2-4-10-25/h2-15,18-20,31H,16-17,21H2,1H3,(H,34,36). The Hall–Kier alpha value is -5.04. The maximum Gasteiger partial charge on any atom is 0.291 e. The normalized spacial score (nSPS) is 14.4. The molecule has 40 heavy (non-hydrogen) atoms. The lowest BCUT2D eigenvalue weighted by Crippen LogP contribution is -2.40. The zero-order chi connectivity index (χ0) is 27.5. The highest BCUT2D eigenvalue weighted by atomic mass is 16.5. The minimum atomic E-state index is -0.325. The minimum absolute atomic E-state index is 0.148.